The minimum absolute atomic E-state index is 0.155. The summed E-state index contributed by atoms with van der Waals surface area (Å²) >= 11 is 0. The number of halogens is 7. The summed E-state index contributed by atoms with van der Waals surface area (Å²) in [6.07, 6.45) is -9.27. The van der Waals surface area contributed by atoms with Crippen molar-refractivity contribution in [3.05, 3.63) is 100 Å². The van der Waals surface area contributed by atoms with E-state index in [1.54, 1.807) is 24.3 Å². The number of hydrogen-bond acceptors (Lipinski definition) is 3. The van der Waals surface area contributed by atoms with Gasteiger partial charge in [0, 0.05) is 13.1 Å². The zero-order chi connectivity index (χ0) is 28.1. The van der Waals surface area contributed by atoms with E-state index in [0.29, 0.717) is 11.1 Å². The molecule has 0 fully saturated rings. The van der Waals surface area contributed by atoms with Crippen LogP contribution in [0.3, 0.4) is 0 Å². The molecule has 3 aromatic carbocycles. The lowest BCUT2D eigenvalue weighted by atomic mass is 9.95. The van der Waals surface area contributed by atoms with Crippen molar-refractivity contribution in [1.82, 2.24) is 10.6 Å². The van der Waals surface area contributed by atoms with Crippen LogP contribution in [0.4, 0.5) is 30.7 Å². The number of nitrogens with one attached hydrogen (secondary N) is 2. The molecule has 0 aliphatic carbocycles. The smallest absolute Gasteiger partial charge is 0.403 e. The molecule has 0 spiro atoms. The van der Waals surface area contributed by atoms with Gasteiger partial charge in [0.1, 0.15) is 6.04 Å². The summed E-state index contributed by atoms with van der Waals surface area (Å²) < 4.78 is 95.1. The van der Waals surface area contributed by atoms with Crippen molar-refractivity contribution >= 4 is 5.91 Å². The van der Waals surface area contributed by atoms with Crippen molar-refractivity contribution in [2.24, 2.45) is 0 Å². The van der Waals surface area contributed by atoms with E-state index >= 15 is 0 Å². The number of likely N-dealkylation sites (N-methyl/N-ethyl adjacent to an activating group) is 1. The van der Waals surface area contributed by atoms with Gasteiger partial charge in [0.2, 0.25) is 5.91 Å². The molecule has 3 aromatic rings. The van der Waals surface area contributed by atoms with Crippen molar-refractivity contribution < 1.29 is 40.3 Å². The van der Waals surface area contributed by atoms with Crippen LogP contribution in [0.2, 0.25) is 0 Å². The van der Waals surface area contributed by atoms with Gasteiger partial charge in [-0.25, -0.2) is 4.39 Å². The molecule has 11 heteroatoms. The van der Waals surface area contributed by atoms with E-state index in [2.05, 4.69) is 15.4 Å². The highest BCUT2D eigenvalue weighted by atomic mass is 19.4. The standard InChI is InChI=1S/C27H25F7N2O2/c1-16-3-8-18(9-4-16)24(25(37)35-2)36-22(14-7-17-5-11-20(12-6-17)26(29,30)31)19-10-13-21(28)23(15-19)38-27(32,33)34/h3-6,8-13,15,22,24,36H,7,14H2,1-2H3,(H,35,37)/t22-,24+/m1/s1. The number of alkyl halides is 6. The Labute approximate surface area is 214 Å². The number of aryl methyl sites for hydroxylation is 2. The maximum absolute atomic E-state index is 14.1. The molecule has 0 saturated heterocycles. The van der Waals surface area contributed by atoms with Crippen molar-refractivity contribution in [2.45, 2.75) is 44.4 Å². The van der Waals surface area contributed by atoms with E-state index in [1.807, 2.05) is 6.92 Å². The van der Waals surface area contributed by atoms with E-state index in [0.717, 1.165) is 29.8 Å². The second-order valence-electron chi connectivity index (χ2n) is 8.65. The molecule has 0 radical (unpaired) electrons. The van der Waals surface area contributed by atoms with Gasteiger partial charge < -0.3 is 10.1 Å². The molecule has 0 aliphatic rings. The number of carbonyl (C=O) groups is 1. The molecule has 2 atom stereocenters. The fraction of sp³-hybridized carbons (Fsp3) is 0.296. The number of carbonyl (C=O) groups excluding carboxylic acids is 1. The number of ether oxygens (including phenoxy) is 1. The Morgan fingerprint density at radius 2 is 1.50 bits per heavy atom. The topological polar surface area (TPSA) is 50.4 Å². The molecular weight excluding hydrogens is 517 g/mol. The molecule has 204 valence electrons. The molecular formula is C27H25F7N2O2. The minimum Gasteiger partial charge on any atom is -0.403 e. The van der Waals surface area contributed by atoms with Gasteiger partial charge in [-0.2, -0.15) is 13.2 Å². The number of rotatable bonds is 9. The average Bonchev–Trinajstić information content (AvgIpc) is 2.85. The summed E-state index contributed by atoms with van der Waals surface area (Å²) in [6, 6.07) is 12.7. The van der Waals surface area contributed by atoms with E-state index in [1.165, 1.54) is 25.2 Å². The largest absolute Gasteiger partial charge is 0.573 e. The highest BCUT2D eigenvalue weighted by Gasteiger charge is 2.33. The lowest BCUT2D eigenvalue weighted by Gasteiger charge is -2.26. The van der Waals surface area contributed by atoms with Crippen molar-refractivity contribution in [2.75, 3.05) is 7.05 Å². The van der Waals surface area contributed by atoms with Crippen LogP contribution in [0, 0.1) is 12.7 Å². The molecule has 0 bridgehead atoms. The maximum atomic E-state index is 14.1. The number of benzene rings is 3. The Bertz CT molecular complexity index is 1220. The van der Waals surface area contributed by atoms with E-state index < -0.39 is 47.7 Å². The van der Waals surface area contributed by atoms with Gasteiger partial charge >= 0.3 is 12.5 Å². The summed E-state index contributed by atoms with van der Waals surface area (Å²) in [5.74, 6) is -2.70. The summed E-state index contributed by atoms with van der Waals surface area (Å²) in [6.45, 7) is 1.86. The molecule has 0 heterocycles. The third kappa shape index (κ3) is 7.95. The van der Waals surface area contributed by atoms with Gasteiger partial charge in [0.25, 0.3) is 0 Å². The molecule has 0 aliphatic heterocycles. The van der Waals surface area contributed by atoms with Crippen LogP contribution in [0.25, 0.3) is 0 Å². The van der Waals surface area contributed by atoms with E-state index in [4.69, 9.17) is 0 Å². The Balaban J connectivity index is 1.95. The van der Waals surface area contributed by atoms with Crippen LogP contribution in [0.1, 0.15) is 46.3 Å². The molecule has 0 unspecified atom stereocenters. The normalized spacial score (nSPS) is 13.6. The van der Waals surface area contributed by atoms with Gasteiger partial charge in [-0.15, -0.1) is 13.2 Å². The van der Waals surface area contributed by atoms with Gasteiger partial charge in [0.05, 0.1) is 5.56 Å². The summed E-state index contributed by atoms with van der Waals surface area (Å²) in [7, 11) is 1.43. The van der Waals surface area contributed by atoms with Gasteiger partial charge in [0.15, 0.2) is 11.6 Å². The summed E-state index contributed by atoms with van der Waals surface area (Å²) in [4.78, 5) is 12.8. The number of amides is 1. The quantitative estimate of drug-likeness (QED) is 0.293. The summed E-state index contributed by atoms with van der Waals surface area (Å²) in [5, 5.41) is 5.66. The zero-order valence-electron chi connectivity index (χ0n) is 20.4. The predicted octanol–water partition coefficient (Wildman–Crippen LogP) is 6.80. The molecule has 4 nitrogen and oxygen atoms in total. The Morgan fingerprint density at radius 3 is 2.05 bits per heavy atom. The first-order chi connectivity index (χ1) is 17.8. The average molecular weight is 542 g/mol. The van der Waals surface area contributed by atoms with Crippen LogP contribution in [-0.4, -0.2) is 19.3 Å². The predicted molar refractivity (Wildman–Crippen MR) is 127 cm³/mol. The first-order valence-electron chi connectivity index (χ1n) is 11.5. The van der Waals surface area contributed by atoms with Crippen LogP contribution < -0.4 is 15.4 Å². The van der Waals surface area contributed by atoms with E-state index in [-0.39, 0.29) is 18.4 Å². The zero-order valence-corrected chi connectivity index (χ0v) is 20.4. The fourth-order valence-corrected chi connectivity index (χ4v) is 3.88. The summed E-state index contributed by atoms with van der Waals surface area (Å²) in [5.41, 5.74) is 1.42. The molecule has 3 rings (SSSR count). The van der Waals surface area contributed by atoms with Gasteiger partial charge in [-0.1, -0.05) is 48.0 Å². The lowest BCUT2D eigenvalue weighted by Crippen LogP contribution is -2.38. The second kappa shape index (κ2) is 11.8. The van der Waals surface area contributed by atoms with Crippen LogP contribution >= 0.6 is 0 Å². The lowest BCUT2D eigenvalue weighted by molar-refractivity contribution is -0.275. The van der Waals surface area contributed by atoms with Crippen molar-refractivity contribution in [3.63, 3.8) is 0 Å². The molecule has 1 amide bonds. The third-order valence-corrected chi connectivity index (χ3v) is 5.87. The SMILES string of the molecule is CNC(=O)[C@@H](N[C@H](CCc1ccc(C(F)(F)F)cc1)c1ccc(F)c(OC(F)(F)F)c1)c1ccc(C)cc1. The third-order valence-electron chi connectivity index (χ3n) is 5.87. The van der Waals surface area contributed by atoms with Crippen molar-refractivity contribution in [3.8, 4) is 5.75 Å². The first-order valence-corrected chi connectivity index (χ1v) is 11.5. The highest BCUT2D eigenvalue weighted by Crippen LogP contribution is 2.33. The Kier molecular flexibility index (Phi) is 9.03. The van der Waals surface area contributed by atoms with Gasteiger partial charge in [-0.3, -0.25) is 10.1 Å². The van der Waals surface area contributed by atoms with Crippen molar-refractivity contribution in [1.29, 1.82) is 0 Å². The number of hydrogen-bond donors (Lipinski definition) is 2. The Morgan fingerprint density at radius 1 is 0.895 bits per heavy atom. The molecule has 38 heavy (non-hydrogen) atoms. The molecule has 2 N–H and O–H groups in total. The minimum atomic E-state index is -5.13. The van der Waals surface area contributed by atoms with Crippen LogP contribution in [0.5, 0.6) is 5.75 Å². The fourth-order valence-electron chi connectivity index (χ4n) is 3.88. The Hall–Kier alpha value is -3.60. The highest BCUT2D eigenvalue weighted by molar-refractivity contribution is 5.83. The van der Waals surface area contributed by atoms with E-state index in [9.17, 15) is 35.5 Å². The van der Waals surface area contributed by atoms with Crippen LogP contribution in [-0.2, 0) is 17.4 Å². The van der Waals surface area contributed by atoms with Crippen LogP contribution in [0.15, 0.2) is 66.7 Å². The first kappa shape index (κ1) is 29.0. The maximum Gasteiger partial charge on any atom is 0.573 e. The second-order valence-corrected chi connectivity index (χ2v) is 8.65. The monoisotopic (exact) mass is 542 g/mol. The molecule has 0 saturated carbocycles. The van der Waals surface area contributed by atoms with Gasteiger partial charge in [-0.05, 0) is 60.7 Å². The molecule has 0 aromatic heterocycles.